The first-order valence-electron chi connectivity index (χ1n) is 4.84. The van der Waals surface area contributed by atoms with Crippen molar-refractivity contribution in [3.63, 3.8) is 0 Å². The number of halogens is 1. The van der Waals surface area contributed by atoms with Crippen LogP contribution in [-0.4, -0.2) is 0 Å². The summed E-state index contributed by atoms with van der Waals surface area (Å²) in [7, 11) is 0.764. The van der Waals surface area contributed by atoms with Gasteiger partial charge in [0.2, 0.25) is 0 Å². The van der Waals surface area contributed by atoms with Gasteiger partial charge < -0.3 is 0 Å². The average molecular weight is 326 g/mol. The van der Waals surface area contributed by atoms with E-state index in [1.54, 1.807) is 0 Å². The van der Waals surface area contributed by atoms with Gasteiger partial charge in [-0.15, -0.1) is 0 Å². The van der Waals surface area contributed by atoms with Gasteiger partial charge in [0.25, 0.3) is 0 Å². The van der Waals surface area contributed by atoms with E-state index < -0.39 is 0 Å². The topological polar surface area (TPSA) is 0 Å². The van der Waals surface area contributed by atoms with Crippen LogP contribution in [0.3, 0.4) is 0 Å². The highest BCUT2D eigenvalue weighted by Crippen LogP contribution is 2.15. The second kappa shape index (κ2) is 5.09. The van der Waals surface area contributed by atoms with Crippen LogP contribution in [0.25, 0.3) is 0 Å². The summed E-state index contributed by atoms with van der Waals surface area (Å²) in [4.78, 5) is 0. The van der Waals surface area contributed by atoms with Crippen molar-refractivity contribution < 1.29 is 0 Å². The molecule has 0 N–H and O–H groups in total. The number of benzene rings is 2. The normalized spacial score (nSPS) is 11.1. The molecule has 1 unspecified atom stereocenters. The number of hydrogen-bond donors (Lipinski definition) is 0. The van der Waals surface area contributed by atoms with E-state index in [4.69, 9.17) is 0 Å². The number of rotatable bonds is 2. The van der Waals surface area contributed by atoms with Crippen LogP contribution in [0.4, 0.5) is 0 Å². The molecule has 0 nitrogen and oxygen atoms in total. The quantitative estimate of drug-likeness (QED) is 0.587. The molecule has 2 rings (SSSR count). The first-order valence-corrected chi connectivity index (χ1v) is 6.92. The maximum atomic E-state index is 2.40. The molecule has 2 heteroatoms. The summed E-state index contributed by atoms with van der Waals surface area (Å²) in [6, 6.07) is 17.4. The maximum absolute atomic E-state index is 2.40. The molecule has 0 saturated carbocycles. The van der Waals surface area contributed by atoms with Crippen molar-refractivity contribution in [1.29, 1.82) is 0 Å². The molecule has 2 aromatic carbocycles. The van der Waals surface area contributed by atoms with Crippen molar-refractivity contribution in [2.45, 2.75) is 6.92 Å². The Morgan fingerprint density at radius 1 is 0.933 bits per heavy atom. The van der Waals surface area contributed by atoms with E-state index in [9.17, 15) is 0 Å². The molecule has 0 aliphatic heterocycles. The van der Waals surface area contributed by atoms with Crippen LogP contribution in [0.15, 0.2) is 48.5 Å². The molecular weight excluding hydrogens is 314 g/mol. The first kappa shape index (κ1) is 11.1. The molecule has 76 valence electrons. The molecule has 0 aromatic heterocycles. The van der Waals surface area contributed by atoms with Crippen LogP contribution in [0, 0.1) is 10.5 Å². The molecule has 0 bridgehead atoms. The summed E-state index contributed by atoms with van der Waals surface area (Å²) in [5.41, 5.74) is 1.33. The summed E-state index contributed by atoms with van der Waals surface area (Å²) in [6.07, 6.45) is 0. The SMILES string of the molecule is Cc1ccc(Pc2ccccc2I)cc1. The van der Waals surface area contributed by atoms with Crippen molar-refractivity contribution in [3.8, 4) is 0 Å². The minimum atomic E-state index is 0.764. The van der Waals surface area contributed by atoms with Gasteiger partial charge in [-0.1, -0.05) is 56.6 Å². The van der Waals surface area contributed by atoms with E-state index in [1.807, 2.05) is 0 Å². The number of aryl methyl sites for hydroxylation is 1. The van der Waals surface area contributed by atoms with E-state index in [2.05, 4.69) is 78.0 Å². The van der Waals surface area contributed by atoms with Crippen LogP contribution in [0.2, 0.25) is 0 Å². The van der Waals surface area contributed by atoms with E-state index in [1.165, 1.54) is 19.7 Å². The standard InChI is InChI=1S/C13H12IP/c1-10-6-8-11(9-7-10)15-13-5-3-2-4-12(13)14/h2-9,15H,1H3. The molecule has 2 aromatic rings. The lowest BCUT2D eigenvalue weighted by atomic mass is 10.2. The molecule has 15 heavy (non-hydrogen) atoms. The summed E-state index contributed by atoms with van der Waals surface area (Å²) in [5.74, 6) is 0. The molecule has 0 radical (unpaired) electrons. The predicted octanol–water partition coefficient (Wildman–Crippen LogP) is 3.23. The van der Waals surface area contributed by atoms with Crippen LogP contribution in [-0.2, 0) is 0 Å². The molecule has 0 heterocycles. The second-order valence-electron chi connectivity index (χ2n) is 3.47. The average Bonchev–Trinajstić information content (AvgIpc) is 2.25. The summed E-state index contributed by atoms with van der Waals surface area (Å²) in [5, 5.41) is 2.84. The van der Waals surface area contributed by atoms with Gasteiger partial charge in [0, 0.05) is 3.57 Å². The largest absolute Gasteiger partial charge is 0.0616 e. The molecule has 1 atom stereocenters. The zero-order valence-electron chi connectivity index (χ0n) is 8.50. The Kier molecular flexibility index (Phi) is 3.76. The van der Waals surface area contributed by atoms with E-state index in [-0.39, 0.29) is 0 Å². The van der Waals surface area contributed by atoms with Crippen LogP contribution < -0.4 is 10.6 Å². The Hall–Kier alpha value is -0.400. The Morgan fingerprint density at radius 2 is 1.60 bits per heavy atom. The maximum Gasteiger partial charge on any atom is 0.0207 e. The molecule has 0 aliphatic carbocycles. The first-order chi connectivity index (χ1) is 7.25. The van der Waals surface area contributed by atoms with E-state index in [0.29, 0.717) is 0 Å². The van der Waals surface area contributed by atoms with Crippen molar-refractivity contribution >= 4 is 41.8 Å². The Balaban J connectivity index is 2.22. The van der Waals surface area contributed by atoms with Crippen molar-refractivity contribution in [3.05, 3.63) is 57.7 Å². The Bertz CT molecular complexity index is 448. The molecule has 0 spiro atoms. The third kappa shape index (κ3) is 3.02. The van der Waals surface area contributed by atoms with Gasteiger partial charge in [-0.05, 0) is 46.2 Å². The third-order valence-corrected chi connectivity index (χ3v) is 4.98. The highest BCUT2D eigenvalue weighted by Gasteiger charge is 1.99. The fraction of sp³-hybridized carbons (Fsp3) is 0.0769. The minimum absolute atomic E-state index is 0.764. The van der Waals surface area contributed by atoms with Crippen molar-refractivity contribution in [2.24, 2.45) is 0 Å². The predicted molar refractivity (Wildman–Crippen MR) is 77.9 cm³/mol. The third-order valence-electron chi connectivity index (χ3n) is 2.20. The van der Waals surface area contributed by atoms with Crippen LogP contribution in [0.5, 0.6) is 0 Å². The lowest BCUT2D eigenvalue weighted by Gasteiger charge is -2.04. The molecule has 0 aliphatic rings. The molecule has 0 fully saturated rings. The zero-order valence-corrected chi connectivity index (χ0v) is 11.7. The lowest BCUT2D eigenvalue weighted by Crippen LogP contribution is -2.05. The van der Waals surface area contributed by atoms with Gasteiger partial charge in [-0.25, -0.2) is 0 Å². The lowest BCUT2D eigenvalue weighted by molar-refractivity contribution is 1.49. The van der Waals surface area contributed by atoms with Crippen molar-refractivity contribution in [2.75, 3.05) is 0 Å². The van der Waals surface area contributed by atoms with E-state index >= 15 is 0 Å². The summed E-state index contributed by atoms with van der Waals surface area (Å²) in [6.45, 7) is 2.12. The smallest absolute Gasteiger partial charge is 0.0207 e. The van der Waals surface area contributed by atoms with Crippen LogP contribution >= 0.6 is 31.2 Å². The van der Waals surface area contributed by atoms with Gasteiger partial charge >= 0.3 is 0 Å². The monoisotopic (exact) mass is 326 g/mol. The highest BCUT2D eigenvalue weighted by molar-refractivity contribution is 14.1. The van der Waals surface area contributed by atoms with Gasteiger partial charge in [-0.2, -0.15) is 0 Å². The zero-order chi connectivity index (χ0) is 10.7. The van der Waals surface area contributed by atoms with Gasteiger partial charge in [-0.3, -0.25) is 0 Å². The van der Waals surface area contributed by atoms with Gasteiger partial charge in [0.1, 0.15) is 0 Å². The minimum Gasteiger partial charge on any atom is -0.0616 e. The Labute approximate surface area is 106 Å². The highest BCUT2D eigenvalue weighted by atomic mass is 127. The summed E-state index contributed by atoms with van der Waals surface area (Å²) < 4.78 is 1.36. The van der Waals surface area contributed by atoms with Gasteiger partial charge in [0.05, 0.1) is 0 Å². The molecular formula is C13H12IP. The number of hydrogen-bond acceptors (Lipinski definition) is 0. The Morgan fingerprint density at radius 3 is 2.27 bits per heavy atom. The van der Waals surface area contributed by atoms with Gasteiger partial charge in [0.15, 0.2) is 0 Å². The van der Waals surface area contributed by atoms with E-state index in [0.717, 1.165) is 8.58 Å². The molecule has 0 saturated heterocycles. The fourth-order valence-electron chi connectivity index (χ4n) is 1.35. The molecule has 0 amide bonds. The summed E-state index contributed by atoms with van der Waals surface area (Å²) >= 11 is 2.40. The second-order valence-corrected chi connectivity index (χ2v) is 6.00. The van der Waals surface area contributed by atoms with Crippen molar-refractivity contribution in [1.82, 2.24) is 0 Å². The fourth-order valence-corrected chi connectivity index (χ4v) is 3.17. The van der Waals surface area contributed by atoms with Crippen LogP contribution in [0.1, 0.15) is 5.56 Å².